The van der Waals surface area contributed by atoms with E-state index >= 15 is 0 Å². The van der Waals surface area contributed by atoms with E-state index in [0.717, 1.165) is 21.9 Å². The van der Waals surface area contributed by atoms with Crippen LogP contribution in [0.4, 0.5) is 5.13 Å². The minimum atomic E-state index is -0.516. The van der Waals surface area contributed by atoms with Gasteiger partial charge in [0.1, 0.15) is 11.3 Å². The number of amides is 1. The molecule has 7 heteroatoms. The van der Waals surface area contributed by atoms with E-state index in [4.69, 9.17) is 9.15 Å². The summed E-state index contributed by atoms with van der Waals surface area (Å²) in [5, 5.41) is 3.59. The normalized spacial score (nSPS) is 10.8. The first kappa shape index (κ1) is 17.9. The first-order valence-corrected chi connectivity index (χ1v) is 9.33. The van der Waals surface area contributed by atoms with Gasteiger partial charge in [-0.25, -0.2) is 4.98 Å². The Morgan fingerprint density at radius 2 is 1.89 bits per heavy atom. The number of carbonyl (C=O) groups excluding carboxylic acids is 1. The number of thiazole rings is 1. The lowest BCUT2D eigenvalue weighted by molar-refractivity contribution is 0.0997. The van der Waals surface area contributed by atoms with Crippen LogP contribution in [0, 0.1) is 6.92 Å². The minimum Gasteiger partial charge on any atom is -0.497 e. The number of benzene rings is 2. The number of nitrogens with zero attached hydrogens (tertiary/aromatic N) is 1. The van der Waals surface area contributed by atoms with Crippen molar-refractivity contribution in [3.8, 4) is 17.0 Å². The monoisotopic (exact) mass is 392 g/mol. The number of methoxy groups -OCH3 is 1. The summed E-state index contributed by atoms with van der Waals surface area (Å²) in [6, 6.07) is 15.5. The molecular formula is C21H16N2O4S. The van der Waals surface area contributed by atoms with Crippen LogP contribution in [-0.2, 0) is 0 Å². The Bertz CT molecular complexity index is 1230. The van der Waals surface area contributed by atoms with E-state index in [1.807, 2.05) is 31.2 Å². The predicted octanol–water partition coefficient (Wildman–Crippen LogP) is 4.49. The molecule has 0 aliphatic rings. The number of anilines is 1. The smallest absolute Gasteiger partial charge is 0.293 e. The molecule has 1 amide bonds. The third-order valence-corrected chi connectivity index (χ3v) is 5.13. The van der Waals surface area contributed by atoms with Crippen LogP contribution in [0.25, 0.3) is 22.2 Å². The SMILES string of the molecule is COc1ccc(-c2nc(NC(=O)c3cc(=O)c4ccccc4o3)sc2C)cc1. The molecule has 0 saturated heterocycles. The molecule has 4 aromatic rings. The zero-order chi connectivity index (χ0) is 19.7. The average Bonchev–Trinajstić information content (AvgIpc) is 3.08. The largest absolute Gasteiger partial charge is 0.497 e. The van der Waals surface area contributed by atoms with Crippen molar-refractivity contribution in [2.45, 2.75) is 6.92 Å². The van der Waals surface area contributed by atoms with Crippen molar-refractivity contribution in [2.24, 2.45) is 0 Å². The fourth-order valence-electron chi connectivity index (χ4n) is 2.84. The summed E-state index contributed by atoms with van der Waals surface area (Å²) >= 11 is 1.36. The Labute approximate surface area is 164 Å². The van der Waals surface area contributed by atoms with Gasteiger partial charge in [-0.05, 0) is 43.3 Å². The van der Waals surface area contributed by atoms with Gasteiger partial charge < -0.3 is 9.15 Å². The molecule has 0 fully saturated rings. The van der Waals surface area contributed by atoms with Gasteiger partial charge in [0.05, 0.1) is 18.2 Å². The highest BCUT2D eigenvalue weighted by molar-refractivity contribution is 7.16. The molecule has 0 unspecified atom stereocenters. The summed E-state index contributed by atoms with van der Waals surface area (Å²) in [7, 11) is 1.61. The van der Waals surface area contributed by atoms with E-state index in [1.54, 1.807) is 31.4 Å². The summed E-state index contributed by atoms with van der Waals surface area (Å²) in [6.45, 7) is 1.93. The lowest BCUT2D eigenvalue weighted by Gasteiger charge is -2.03. The van der Waals surface area contributed by atoms with Gasteiger partial charge in [0, 0.05) is 16.5 Å². The molecule has 0 aliphatic heterocycles. The van der Waals surface area contributed by atoms with Crippen molar-refractivity contribution in [2.75, 3.05) is 12.4 Å². The maximum absolute atomic E-state index is 12.6. The Kier molecular flexibility index (Phi) is 4.67. The zero-order valence-electron chi connectivity index (χ0n) is 15.2. The molecule has 0 saturated carbocycles. The Hall–Kier alpha value is -3.45. The standard InChI is InChI=1S/C21H16N2O4S/c1-12-19(13-7-9-14(26-2)10-8-13)22-21(28-12)23-20(25)18-11-16(24)15-5-3-4-6-17(15)27-18/h3-11H,1-2H3,(H,22,23,25). The molecular weight excluding hydrogens is 376 g/mol. The van der Waals surface area contributed by atoms with E-state index in [9.17, 15) is 9.59 Å². The maximum atomic E-state index is 12.6. The first-order valence-electron chi connectivity index (χ1n) is 8.51. The highest BCUT2D eigenvalue weighted by atomic mass is 32.1. The molecule has 2 aromatic carbocycles. The van der Waals surface area contributed by atoms with Gasteiger partial charge in [0.15, 0.2) is 16.3 Å². The van der Waals surface area contributed by atoms with Gasteiger partial charge in [-0.2, -0.15) is 0 Å². The van der Waals surface area contributed by atoms with Gasteiger partial charge in [-0.15, -0.1) is 11.3 Å². The Morgan fingerprint density at radius 1 is 1.14 bits per heavy atom. The Morgan fingerprint density at radius 3 is 2.64 bits per heavy atom. The van der Waals surface area contributed by atoms with E-state index in [-0.39, 0.29) is 11.2 Å². The fourth-order valence-corrected chi connectivity index (χ4v) is 3.67. The number of ether oxygens (including phenoxy) is 1. The topological polar surface area (TPSA) is 81.4 Å². The van der Waals surface area contributed by atoms with Crippen LogP contribution in [0.5, 0.6) is 5.75 Å². The van der Waals surface area contributed by atoms with Gasteiger partial charge in [0.2, 0.25) is 0 Å². The van der Waals surface area contributed by atoms with Crippen LogP contribution < -0.4 is 15.5 Å². The average molecular weight is 392 g/mol. The van der Waals surface area contributed by atoms with Crippen LogP contribution in [0.15, 0.2) is 63.8 Å². The first-order chi connectivity index (χ1) is 13.5. The molecule has 0 spiro atoms. The third kappa shape index (κ3) is 3.39. The highest BCUT2D eigenvalue weighted by Crippen LogP contribution is 2.31. The number of hydrogen-bond donors (Lipinski definition) is 1. The van der Waals surface area contributed by atoms with E-state index in [1.165, 1.54) is 17.4 Å². The predicted molar refractivity (Wildman–Crippen MR) is 109 cm³/mol. The molecule has 6 nitrogen and oxygen atoms in total. The Balaban J connectivity index is 1.61. The van der Waals surface area contributed by atoms with Crippen molar-refractivity contribution in [3.05, 3.63) is 75.5 Å². The van der Waals surface area contributed by atoms with Crippen LogP contribution in [0.2, 0.25) is 0 Å². The molecule has 0 atom stereocenters. The van der Waals surface area contributed by atoms with Crippen molar-refractivity contribution < 1.29 is 13.9 Å². The number of aromatic nitrogens is 1. The number of hydrogen-bond acceptors (Lipinski definition) is 6. The molecule has 4 rings (SSSR count). The van der Waals surface area contributed by atoms with Gasteiger partial charge in [0.25, 0.3) is 5.91 Å². The summed E-state index contributed by atoms with van der Waals surface area (Å²) in [5.74, 6) is 0.192. The minimum absolute atomic E-state index is 0.0532. The molecule has 28 heavy (non-hydrogen) atoms. The van der Waals surface area contributed by atoms with Crippen LogP contribution in [-0.4, -0.2) is 18.0 Å². The zero-order valence-corrected chi connectivity index (χ0v) is 16.0. The van der Waals surface area contributed by atoms with Crippen molar-refractivity contribution in [3.63, 3.8) is 0 Å². The number of nitrogens with one attached hydrogen (secondary N) is 1. The number of aryl methyl sites for hydroxylation is 1. The number of fused-ring (bicyclic) bond motifs is 1. The van der Waals surface area contributed by atoms with Crippen molar-refractivity contribution in [1.29, 1.82) is 0 Å². The summed E-state index contributed by atoms with van der Waals surface area (Å²) in [6.07, 6.45) is 0. The number of rotatable bonds is 4. The van der Waals surface area contributed by atoms with Gasteiger partial charge in [-0.1, -0.05) is 12.1 Å². The van der Waals surface area contributed by atoms with Gasteiger partial charge >= 0.3 is 0 Å². The lowest BCUT2D eigenvalue weighted by atomic mass is 10.1. The summed E-state index contributed by atoms with van der Waals surface area (Å²) in [4.78, 5) is 30.2. The lowest BCUT2D eigenvalue weighted by Crippen LogP contribution is -2.14. The van der Waals surface area contributed by atoms with Crippen LogP contribution in [0.1, 0.15) is 15.4 Å². The number of para-hydroxylation sites is 1. The highest BCUT2D eigenvalue weighted by Gasteiger charge is 2.16. The molecule has 2 aromatic heterocycles. The van der Waals surface area contributed by atoms with E-state index < -0.39 is 5.91 Å². The van der Waals surface area contributed by atoms with Crippen molar-refractivity contribution in [1.82, 2.24) is 4.98 Å². The maximum Gasteiger partial charge on any atom is 0.293 e. The molecule has 0 aliphatic carbocycles. The molecule has 140 valence electrons. The molecule has 0 radical (unpaired) electrons. The third-order valence-electron chi connectivity index (χ3n) is 4.24. The quantitative estimate of drug-likeness (QED) is 0.554. The van der Waals surface area contributed by atoms with Crippen molar-refractivity contribution >= 4 is 33.3 Å². The molecule has 2 heterocycles. The fraction of sp³-hybridized carbons (Fsp3) is 0.0952. The van der Waals surface area contributed by atoms with Gasteiger partial charge in [-0.3, -0.25) is 14.9 Å². The van der Waals surface area contributed by atoms with Crippen LogP contribution >= 0.6 is 11.3 Å². The van der Waals surface area contributed by atoms with E-state index in [2.05, 4.69) is 10.3 Å². The second kappa shape index (κ2) is 7.28. The second-order valence-corrected chi connectivity index (χ2v) is 7.28. The summed E-state index contributed by atoms with van der Waals surface area (Å²) < 4.78 is 10.7. The number of carbonyl (C=O) groups is 1. The summed E-state index contributed by atoms with van der Waals surface area (Å²) in [5.41, 5.74) is 1.81. The second-order valence-electron chi connectivity index (χ2n) is 6.08. The van der Waals surface area contributed by atoms with E-state index in [0.29, 0.717) is 16.1 Å². The van der Waals surface area contributed by atoms with Crippen LogP contribution in [0.3, 0.4) is 0 Å². The molecule has 0 bridgehead atoms. The molecule has 1 N–H and O–H groups in total.